The number of carbonyl (C=O) groups is 2. The fraction of sp³-hybridized carbons (Fsp3) is 0.333. The van der Waals surface area contributed by atoms with Crippen LogP contribution in [0, 0.1) is 11.7 Å². The van der Waals surface area contributed by atoms with Crippen LogP contribution >= 0.6 is 0 Å². The lowest BCUT2D eigenvalue weighted by Crippen LogP contribution is -2.44. The highest BCUT2D eigenvalue weighted by Gasteiger charge is 2.34. The number of nitrogens with zero attached hydrogens (tertiary/aromatic N) is 1. The largest absolute Gasteiger partial charge is 0.481 e. The van der Waals surface area contributed by atoms with Crippen LogP contribution < -0.4 is 4.90 Å². The van der Waals surface area contributed by atoms with Gasteiger partial charge in [-0.05, 0) is 31.0 Å². The molecule has 1 atom stereocenters. The molecule has 5 heteroatoms. The third-order valence-electron chi connectivity index (χ3n) is 2.86. The Kier molecular flexibility index (Phi) is 3.08. The molecule has 4 nitrogen and oxygen atoms in total. The Hall–Kier alpha value is -1.91. The van der Waals surface area contributed by atoms with E-state index in [0.717, 1.165) is 0 Å². The van der Waals surface area contributed by atoms with Gasteiger partial charge in [0.05, 0.1) is 0 Å². The van der Waals surface area contributed by atoms with Crippen LogP contribution in [0.1, 0.15) is 12.8 Å². The lowest BCUT2D eigenvalue weighted by Gasteiger charge is -2.30. The Balaban J connectivity index is 2.27. The van der Waals surface area contributed by atoms with E-state index in [0.29, 0.717) is 25.1 Å². The van der Waals surface area contributed by atoms with Crippen molar-refractivity contribution in [1.29, 1.82) is 0 Å². The van der Waals surface area contributed by atoms with Crippen LogP contribution in [-0.4, -0.2) is 23.5 Å². The summed E-state index contributed by atoms with van der Waals surface area (Å²) < 4.78 is 13.1. The fourth-order valence-corrected chi connectivity index (χ4v) is 2.00. The first-order chi connectivity index (χ1) is 8.09. The number of halogens is 1. The van der Waals surface area contributed by atoms with Crippen molar-refractivity contribution in [1.82, 2.24) is 0 Å². The third-order valence-corrected chi connectivity index (χ3v) is 2.86. The molecule has 1 N–H and O–H groups in total. The molecule has 17 heavy (non-hydrogen) atoms. The maximum atomic E-state index is 13.1. The van der Waals surface area contributed by atoms with Gasteiger partial charge in [-0.1, -0.05) is 6.07 Å². The van der Waals surface area contributed by atoms with E-state index in [-0.39, 0.29) is 0 Å². The molecule has 0 aromatic heterocycles. The summed E-state index contributed by atoms with van der Waals surface area (Å²) in [4.78, 5) is 24.1. The monoisotopic (exact) mass is 237 g/mol. The van der Waals surface area contributed by atoms with Crippen LogP contribution in [0.15, 0.2) is 24.3 Å². The van der Waals surface area contributed by atoms with Crippen molar-refractivity contribution >= 4 is 17.6 Å². The predicted octanol–water partition coefficient (Wildman–Crippen LogP) is 1.65. The molecule has 1 amide bonds. The number of amides is 1. The van der Waals surface area contributed by atoms with Gasteiger partial charge < -0.3 is 10.0 Å². The molecule has 0 spiro atoms. The van der Waals surface area contributed by atoms with E-state index in [1.54, 1.807) is 6.07 Å². The normalized spacial score (nSPS) is 20.4. The lowest BCUT2D eigenvalue weighted by molar-refractivity contribution is -0.147. The number of benzene rings is 1. The highest BCUT2D eigenvalue weighted by atomic mass is 19.1. The van der Waals surface area contributed by atoms with Gasteiger partial charge in [0.2, 0.25) is 5.91 Å². The Bertz CT molecular complexity index is 461. The van der Waals surface area contributed by atoms with Gasteiger partial charge >= 0.3 is 5.97 Å². The van der Waals surface area contributed by atoms with Crippen molar-refractivity contribution < 1.29 is 19.1 Å². The van der Waals surface area contributed by atoms with Gasteiger partial charge in [0.25, 0.3) is 0 Å². The average molecular weight is 237 g/mol. The SMILES string of the molecule is O=C(O)C1CCCN(c2cccc(F)c2)C1=O. The molecule has 1 aromatic rings. The zero-order valence-electron chi connectivity index (χ0n) is 9.10. The van der Waals surface area contributed by atoms with Crippen LogP contribution in [0.5, 0.6) is 0 Å². The minimum Gasteiger partial charge on any atom is -0.481 e. The van der Waals surface area contributed by atoms with Gasteiger partial charge in [-0.2, -0.15) is 0 Å². The number of rotatable bonds is 2. The van der Waals surface area contributed by atoms with Crippen molar-refractivity contribution in [3.05, 3.63) is 30.1 Å². The zero-order valence-corrected chi connectivity index (χ0v) is 9.10. The maximum absolute atomic E-state index is 13.1. The van der Waals surface area contributed by atoms with Gasteiger partial charge in [0, 0.05) is 12.2 Å². The first kappa shape index (κ1) is 11.6. The van der Waals surface area contributed by atoms with Gasteiger partial charge in [-0.3, -0.25) is 9.59 Å². The number of piperidine rings is 1. The first-order valence-corrected chi connectivity index (χ1v) is 5.39. The van der Waals surface area contributed by atoms with Crippen molar-refractivity contribution in [2.45, 2.75) is 12.8 Å². The van der Waals surface area contributed by atoms with Crippen molar-refractivity contribution in [2.24, 2.45) is 5.92 Å². The van der Waals surface area contributed by atoms with Gasteiger partial charge in [-0.25, -0.2) is 4.39 Å². The molecule has 0 radical (unpaired) electrons. The smallest absolute Gasteiger partial charge is 0.316 e. The minimum atomic E-state index is -1.11. The third kappa shape index (κ3) is 2.27. The summed E-state index contributed by atoms with van der Waals surface area (Å²) in [6.45, 7) is 0.437. The van der Waals surface area contributed by atoms with E-state index in [1.807, 2.05) is 0 Å². The second-order valence-electron chi connectivity index (χ2n) is 4.00. The van der Waals surface area contributed by atoms with E-state index in [1.165, 1.54) is 23.1 Å². The average Bonchev–Trinajstić information content (AvgIpc) is 2.29. The Morgan fingerprint density at radius 2 is 2.24 bits per heavy atom. The second-order valence-corrected chi connectivity index (χ2v) is 4.00. The molecule has 0 bridgehead atoms. The van der Waals surface area contributed by atoms with Crippen molar-refractivity contribution in [3.8, 4) is 0 Å². The van der Waals surface area contributed by atoms with Gasteiger partial charge in [-0.15, -0.1) is 0 Å². The van der Waals surface area contributed by atoms with Crippen molar-refractivity contribution in [2.75, 3.05) is 11.4 Å². The zero-order chi connectivity index (χ0) is 12.4. The van der Waals surface area contributed by atoms with Crippen LogP contribution in [0.2, 0.25) is 0 Å². The predicted molar refractivity (Wildman–Crippen MR) is 59.1 cm³/mol. The van der Waals surface area contributed by atoms with Crippen LogP contribution in [-0.2, 0) is 9.59 Å². The number of aliphatic carboxylic acids is 1. The molecule has 1 heterocycles. The van der Waals surface area contributed by atoms with Crippen LogP contribution in [0.3, 0.4) is 0 Å². The first-order valence-electron chi connectivity index (χ1n) is 5.39. The summed E-state index contributed by atoms with van der Waals surface area (Å²) >= 11 is 0. The molecule has 1 aliphatic heterocycles. The van der Waals surface area contributed by atoms with E-state index >= 15 is 0 Å². The van der Waals surface area contributed by atoms with E-state index in [4.69, 9.17) is 5.11 Å². The highest BCUT2D eigenvalue weighted by molar-refractivity contribution is 6.06. The Morgan fingerprint density at radius 3 is 2.88 bits per heavy atom. The van der Waals surface area contributed by atoms with E-state index < -0.39 is 23.6 Å². The number of hydrogen-bond acceptors (Lipinski definition) is 2. The number of hydrogen-bond donors (Lipinski definition) is 1. The lowest BCUT2D eigenvalue weighted by atomic mass is 9.97. The van der Waals surface area contributed by atoms with Crippen molar-refractivity contribution in [3.63, 3.8) is 0 Å². The quantitative estimate of drug-likeness (QED) is 0.796. The molecule has 0 aliphatic carbocycles. The molecule has 1 fully saturated rings. The Labute approximate surface area is 97.7 Å². The molecular weight excluding hydrogens is 225 g/mol. The molecule has 1 aliphatic rings. The number of carboxylic acids is 1. The van der Waals surface area contributed by atoms with E-state index in [2.05, 4.69) is 0 Å². The minimum absolute atomic E-state index is 0.347. The summed E-state index contributed by atoms with van der Waals surface area (Å²) in [6.07, 6.45) is 0.958. The second kappa shape index (κ2) is 4.53. The summed E-state index contributed by atoms with van der Waals surface area (Å²) in [7, 11) is 0. The number of carbonyl (C=O) groups excluding carboxylic acids is 1. The standard InChI is InChI=1S/C12H12FNO3/c13-8-3-1-4-9(7-8)14-6-2-5-10(11(14)15)12(16)17/h1,3-4,7,10H,2,5-6H2,(H,16,17). The molecule has 0 saturated carbocycles. The van der Waals surface area contributed by atoms with Crippen LogP contribution in [0.25, 0.3) is 0 Å². The van der Waals surface area contributed by atoms with Gasteiger partial charge in [0.15, 0.2) is 0 Å². The molecule has 90 valence electrons. The molecule has 2 rings (SSSR count). The molecular formula is C12H12FNO3. The maximum Gasteiger partial charge on any atom is 0.316 e. The summed E-state index contributed by atoms with van der Waals surface area (Å²) in [5, 5.41) is 8.91. The summed E-state index contributed by atoms with van der Waals surface area (Å²) in [5.74, 6) is -3.02. The summed E-state index contributed by atoms with van der Waals surface area (Å²) in [6, 6.07) is 5.63. The molecule has 1 aromatic carbocycles. The molecule has 1 unspecified atom stereocenters. The van der Waals surface area contributed by atoms with E-state index in [9.17, 15) is 14.0 Å². The topological polar surface area (TPSA) is 57.6 Å². The highest BCUT2D eigenvalue weighted by Crippen LogP contribution is 2.25. The van der Waals surface area contributed by atoms with Crippen LogP contribution in [0.4, 0.5) is 10.1 Å². The van der Waals surface area contributed by atoms with Gasteiger partial charge in [0.1, 0.15) is 11.7 Å². The number of anilines is 1. The fourth-order valence-electron chi connectivity index (χ4n) is 2.00. The summed E-state index contributed by atoms with van der Waals surface area (Å²) in [5.41, 5.74) is 0.418. The molecule has 1 saturated heterocycles. The Morgan fingerprint density at radius 1 is 1.47 bits per heavy atom. The number of carboxylic acid groups (broad SMARTS) is 1.